The van der Waals surface area contributed by atoms with Gasteiger partial charge in [-0.05, 0) is 37.1 Å². The number of benzene rings is 1. The first-order chi connectivity index (χ1) is 11.2. The Labute approximate surface area is 151 Å². The molecule has 0 fully saturated rings. The van der Waals surface area contributed by atoms with Crippen LogP contribution in [0.5, 0.6) is 0 Å². The highest BCUT2D eigenvalue weighted by Crippen LogP contribution is 2.29. The van der Waals surface area contributed by atoms with Crippen LogP contribution in [0.25, 0.3) is 22.9 Å². The Hall–Kier alpha value is -2.48. The van der Waals surface area contributed by atoms with Crippen molar-refractivity contribution in [2.24, 2.45) is 0 Å². The van der Waals surface area contributed by atoms with E-state index in [4.69, 9.17) is 0 Å². The smallest absolute Gasteiger partial charge is 0.134 e. The van der Waals surface area contributed by atoms with Crippen molar-refractivity contribution in [1.82, 2.24) is 9.97 Å². The van der Waals surface area contributed by atoms with E-state index in [1.165, 1.54) is 22.5 Å². The van der Waals surface area contributed by atoms with Crippen molar-refractivity contribution in [1.29, 1.82) is 5.26 Å². The van der Waals surface area contributed by atoms with Crippen molar-refractivity contribution in [2.75, 3.05) is 0 Å². The fourth-order valence-electron chi connectivity index (χ4n) is 2.39. The SMILES string of the molecule is Cc1ccc(-c2csc(C(C#N)=Cc3cccnc3)n2)c(C)c1.Cl. The lowest BCUT2D eigenvalue weighted by atomic mass is 10.0. The van der Waals surface area contributed by atoms with Crippen molar-refractivity contribution < 1.29 is 0 Å². The summed E-state index contributed by atoms with van der Waals surface area (Å²) in [7, 11) is 0. The average Bonchev–Trinajstić information content (AvgIpc) is 3.03. The van der Waals surface area contributed by atoms with Crippen LogP contribution in [0, 0.1) is 25.2 Å². The van der Waals surface area contributed by atoms with Crippen LogP contribution < -0.4 is 0 Å². The Morgan fingerprint density at radius 1 is 1.25 bits per heavy atom. The normalized spacial score (nSPS) is 10.8. The van der Waals surface area contributed by atoms with Crippen LogP contribution in [-0.2, 0) is 0 Å². The quantitative estimate of drug-likeness (QED) is 0.599. The minimum atomic E-state index is 0. The molecule has 0 amide bonds. The van der Waals surface area contributed by atoms with Gasteiger partial charge in [0.25, 0.3) is 0 Å². The van der Waals surface area contributed by atoms with E-state index in [0.29, 0.717) is 5.57 Å². The number of hydrogen-bond donors (Lipinski definition) is 0. The van der Waals surface area contributed by atoms with Gasteiger partial charge in [0.15, 0.2) is 0 Å². The predicted molar refractivity (Wildman–Crippen MR) is 102 cm³/mol. The lowest BCUT2D eigenvalue weighted by Gasteiger charge is -2.03. The third kappa shape index (κ3) is 3.88. The van der Waals surface area contributed by atoms with Gasteiger partial charge >= 0.3 is 0 Å². The van der Waals surface area contributed by atoms with Crippen LogP contribution in [0.15, 0.2) is 48.1 Å². The summed E-state index contributed by atoms with van der Waals surface area (Å²) in [5, 5.41) is 12.2. The average molecular weight is 354 g/mol. The van der Waals surface area contributed by atoms with E-state index in [9.17, 15) is 5.26 Å². The Morgan fingerprint density at radius 2 is 2.08 bits per heavy atom. The van der Waals surface area contributed by atoms with Gasteiger partial charge in [0.1, 0.15) is 11.1 Å². The summed E-state index contributed by atoms with van der Waals surface area (Å²) >= 11 is 1.49. The molecule has 0 spiro atoms. The van der Waals surface area contributed by atoms with Gasteiger partial charge in [0, 0.05) is 23.3 Å². The van der Waals surface area contributed by atoms with Crippen molar-refractivity contribution in [3.8, 4) is 17.3 Å². The molecule has 3 aromatic rings. The second-order valence-corrected chi connectivity index (χ2v) is 6.17. The van der Waals surface area contributed by atoms with Crippen molar-refractivity contribution in [3.63, 3.8) is 0 Å². The summed E-state index contributed by atoms with van der Waals surface area (Å²) < 4.78 is 0. The molecule has 3 rings (SSSR count). The summed E-state index contributed by atoms with van der Waals surface area (Å²) in [5.41, 5.74) is 5.89. The lowest BCUT2D eigenvalue weighted by Crippen LogP contribution is -1.86. The van der Waals surface area contributed by atoms with Gasteiger partial charge in [-0.1, -0.05) is 29.8 Å². The maximum atomic E-state index is 9.44. The Bertz CT molecular complexity index is 908. The molecule has 0 aliphatic heterocycles. The molecule has 0 atom stereocenters. The highest BCUT2D eigenvalue weighted by atomic mass is 35.5. The molecule has 3 nitrogen and oxygen atoms in total. The van der Waals surface area contributed by atoms with Crippen molar-refractivity contribution in [3.05, 3.63) is 69.8 Å². The summed E-state index contributed by atoms with van der Waals surface area (Å²) in [4.78, 5) is 8.71. The highest BCUT2D eigenvalue weighted by Gasteiger charge is 2.10. The minimum absolute atomic E-state index is 0. The van der Waals surface area contributed by atoms with Gasteiger partial charge in [-0.2, -0.15) is 5.26 Å². The van der Waals surface area contributed by atoms with E-state index in [1.807, 2.05) is 23.6 Å². The molecular formula is C19H16ClN3S. The molecule has 120 valence electrons. The number of rotatable bonds is 3. The molecule has 0 unspecified atom stereocenters. The van der Waals surface area contributed by atoms with Crippen LogP contribution in [0.2, 0.25) is 0 Å². The Balaban J connectivity index is 0.00000208. The van der Waals surface area contributed by atoms with Gasteiger partial charge in [0.05, 0.1) is 11.3 Å². The summed E-state index contributed by atoms with van der Waals surface area (Å²) in [6, 6.07) is 12.3. The zero-order valence-electron chi connectivity index (χ0n) is 13.4. The van der Waals surface area contributed by atoms with Crippen molar-refractivity contribution >= 4 is 35.4 Å². The number of aryl methyl sites for hydroxylation is 2. The molecule has 0 saturated heterocycles. The second kappa shape index (κ2) is 7.87. The van der Waals surface area contributed by atoms with Crippen LogP contribution in [0.3, 0.4) is 0 Å². The van der Waals surface area contributed by atoms with Gasteiger partial charge < -0.3 is 0 Å². The van der Waals surface area contributed by atoms with Crippen LogP contribution in [0.4, 0.5) is 0 Å². The highest BCUT2D eigenvalue weighted by molar-refractivity contribution is 7.11. The fourth-order valence-corrected chi connectivity index (χ4v) is 3.18. The zero-order valence-corrected chi connectivity index (χ0v) is 15.0. The summed E-state index contributed by atoms with van der Waals surface area (Å²) in [6.07, 6.45) is 5.26. The molecule has 24 heavy (non-hydrogen) atoms. The number of allylic oxidation sites excluding steroid dienone is 1. The molecule has 2 heterocycles. The van der Waals surface area contributed by atoms with Crippen LogP contribution in [-0.4, -0.2) is 9.97 Å². The Morgan fingerprint density at radius 3 is 2.75 bits per heavy atom. The van der Waals surface area contributed by atoms with Crippen molar-refractivity contribution in [2.45, 2.75) is 13.8 Å². The van der Waals surface area contributed by atoms with E-state index >= 15 is 0 Å². The summed E-state index contributed by atoms with van der Waals surface area (Å²) in [6.45, 7) is 4.16. The predicted octanol–water partition coefficient (Wildman–Crippen LogP) is 5.31. The molecule has 0 bridgehead atoms. The molecule has 0 N–H and O–H groups in total. The summed E-state index contributed by atoms with van der Waals surface area (Å²) in [5.74, 6) is 0. The van der Waals surface area contributed by atoms with E-state index in [-0.39, 0.29) is 12.4 Å². The number of aromatic nitrogens is 2. The number of thiazole rings is 1. The number of nitriles is 1. The van der Waals surface area contributed by atoms with Crippen LogP contribution in [0.1, 0.15) is 21.7 Å². The first-order valence-corrected chi connectivity index (χ1v) is 8.10. The third-order valence-corrected chi connectivity index (χ3v) is 4.38. The van der Waals surface area contributed by atoms with E-state index in [1.54, 1.807) is 12.4 Å². The molecule has 0 aliphatic rings. The van der Waals surface area contributed by atoms with E-state index in [0.717, 1.165) is 21.8 Å². The minimum Gasteiger partial charge on any atom is -0.264 e. The number of pyridine rings is 1. The largest absolute Gasteiger partial charge is 0.264 e. The van der Waals surface area contributed by atoms with Gasteiger partial charge in [-0.3, -0.25) is 4.98 Å². The Kier molecular flexibility index (Phi) is 5.86. The van der Waals surface area contributed by atoms with E-state index < -0.39 is 0 Å². The fraction of sp³-hybridized carbons (Fsp3) is 0.105. The van der Waals surface area contributed by atoms with Crippen LogP contribution >= 0.6 is 23.7 Å². The molecule has 5 heteroatoms. The van der Waals surface area contributed by atoms with E-state index in [2.05, 4.69) is 48.1 Å². The van der Waals surface area contributed by atoms with Gasteiger partial charge in [0.2, 0.25) is 0 Å². The monoisotopic (exact) mass is 353 g/mol. The molecule has 0 aliphatic carbocycles. The number of hydrogen-bond acceptors (Lipinski definition) is 4. The lowest BCUT2D eigenvalue weighted by molar-refractivity contribution is 1.31. The number of nitrogens with zero attached hydrogens (tertiary/aromatic N) is 3. The third-order valence-electron chi connectivity index (χ3n) is 3.51. The molecule has 2 aromatic heterocycles. The van der Waals surface area contributed by atoms with Gasteiger partial charge in [-0.15, -0.1) is 23.7 Å². The standard InChI is InChI=1S/C19H15N3S.ClH/c1-13-5-6-17(14(2)8-13)18-12-23-19(22-18)16(10-20)9-15-4-3-7-21-11-15;/h3-9,11-12H,1-2H3;1H. The van der Waals surface area contributed by atoms with Gasteiger partial charge in [-0.25, -0.2) is 4.98 Å². The second-order valence-electron chi connectivity index (χ2n) is 5.31. The number of halogens is 1. The topological polar surface area (TPSA) is 49.6 Å². The first kappa shape index (κ1) is 17.9. The zero-order chi connectivity index (χ0) is 16.2. The molecule has 1 aromatic carbocycles. The maximum absolute atomic E-state index is 9.44. The molecule has 0 saturated carbocycles. The molecular weight excluding hydrogens is 338 g/mol. The first-order valence-electron chi connectivity index (χ1n) is 7.23. The maximum Gasteiger partial charge on any atom is 0.134 e. The molecule has 0 radical (unpaired) electrons.